The zero-order valence-corrected chi connectivity index (χ0v) is 12.6. The Hall–Kier alpha value is -1.26. The van der Waals surface area contributed by atoms with Crippen molar-refractivity contribution in [1.82, 2.24) is 10.2 Å². The number of hydrogen-bond acceptors (Lipinski definition) is 2. The van der Waals surface area contributed by atoms with Gasteiger partial charge in [-0.2, -0.15) is 0 Å². The first kappa shape index (κ1) is 15.1. The number of carbonyl (C=O) groups is 2. The molecule has 2 N–H and O–H groups in total. The van der Waals surface area contributed by atoms with Gasteiger partial charge in [-0.3, -0.25) is 4.79 Å². The Kier molecular flexibility index (Phi) is 4.25. The van der Waals surface area contributed by atoms with Gasteiger partial charge in [-0.1, -0.05) is 20.3 Å². The van der Waals surface area contributed by atoms with Crippen LogP contribution in [0.1, 0.15) is 52.4 Å². The highest BCUT2D eigenvalue weighted by atomic mass is 16.4. The smallest absolute Gasteiger partial charge is 0.317 e. The Morgan fingerprint density at radius 1 is 1.30 bits per heavy atom. The zero-order valence-electron chi connectivity index (χ0n) is 12.6. The second kappa shape index (κ2) is 5.62. The molecule has 1 unspecified atom stereocenters. The van der Waals surface area contributed by atoms with Crippen LogP contribution in [0.2, 0.25) is 0 Å². The number of carboxylic acid groups (broad SMARTS) is 1. The highest BCUT2D eigenvalue weighted by Gasteiger charge is 2.43. The first-order valence-corrected chi connectivity index (χ1v) is 7.67. The molecule has 20 heavy (non-hydrogen) atoms. The third-order valence-corrected chi connectivity index (χ3v) is 4.82. The minimum absolute atomic E-state index is 0.0976. The average Bonchev–Trinajstić information content (AvgIpc) is 3.15. The van der Waals surface area contributed by atoms with E-state index in [1.807, 2.05) is 6.92 Å². The van der Waals surface area contributed by atoms with E-state index in [9.17, 15) is 14.7 Å². The van der Waals surface area contributed by atoms with Gasteiger partial charge in [-0.15, -0.1) is 0 Å². The summed E-state index contributed by atoms with van der Waals surface area (Å²) in [6, 6.07) is -0.0976. The largest absolute Gasteiger partial charge is 0.481 e. The molecule has 0 aromatic carbocycles. The molecular formula is C15H26N2O3. The fourth-order valence-electron chi connectivity index (χ4n) is 3.06. The van der Waals surface area contributed by atoms with Gasteiger partial charge in [0.15, 0.2) is 0 Å². The highest BCUT2D eigenvalue weighted by molar-refractivity contribution is 5.78. The number of rotatable bonds is 5. The molecule has 2 rings (SSSR count). The second-order valence-electron chi connectivity index (χ2n) is 6.83. The first-order chi connectivity index (χ1) is 9.41. The summed E-state index contributed by atoms with van der Waals surface area (Å²) in [4.78, 5) is 25.5. The number of likely N-dealkylation sites (tertiary alicyclic amines) is 1. The van der Waals surface area contributed by atoms with Crippen molar-refractivity contribution < 1.29 is 14.7 Å². The molecule has 0 aromatic rings. The topological polar surface area (TPSA) is 69.6 Å². The van der Waals surface area contributed by atoms with Crippen molar-refractivity contribution in [3.63, 3.8) is 0 Å². The molecule has 2 aliphatic rings. The summed E-state index contributed by atoms with van der Waals surface area (Å²) in [6.07, 6.45) is 5.27. The molecule has 5 heteroatoms. The second-order valence-corrected chi connectivity index (χ2v) is 6.83. The van der Waals surface area contributed by atoms with Gasteiger partial charge in [0.2, 0.25) is 0 Å². The molecule has 1 heterocycles. The van der Waals surface area contributed by atoms with E-state index >= 15 is 0 Å². The van der Waals surface area contributed by atoms with Gasteiger partial charge in [0, 0.05) is 19.6 Å². The van der Waals surface area contributed by atoms with Gasteiger partial charge < -0.3 is 15.3 Å². The predicted octanol–water partition coefficient (Wildman–Crippen LogP) is 2.46. The molecule has 1 atom stereocenters. The summed E-state index contributed by atoms with van der Waals surface area (Å²) in [7, 11) is 0. The molecule has 0 bridgehead atoms. The Labute approximate surface area is 120 Å². The maximum absolute atomic E-state index is 12.2. The molecular weight excluding hydrogens is 256 g/mol. The van der Waals surface area contributed by atoms with Gasteiger partial charge in [0.25, 0.3) is 0 Å². The number of hydrogen-bond donors (Lipinski definition) is 2. The van der Waals surface area contributed by atoms with E-state index in [1.54, 1.807) is 4.90 Å². The van der Waals surface area contributed by atoms with E-state index in [-0.39, 0.29) is 11.4 Å². The van der Waals surface area contributed by atoms with E-state index in [2.05, 4.69) is 12.2 Å². The summed E-state index contributed by atoms with van der Waals surface area (Å²) < 4.78 is 0. The van der Waals surface area contributed by atoms with Gasteiger partial charge in [-0.05, 0) is 37.5 Å². The highest BCUT2D eigenvalue weighted by Crippen LogP contribution is 2.44. The third kappa shape index (κ3) is 3.25. The van der Waals surface area contributed by atoms with Crippen molar-refractivity contribution in [2.24, 2.45) is 10.8 Å². The predicted molar refractivity (Wildman–Crippen MR) is 76.5 cm³/mol. The third-order valence-electron chi connectivity index (χ3n) is 4.82. The number of nitrogens with zero attached hydrogens (tertiary/aromatic N) is 1. The van der Waals surface area contributed by atoms with Crippen molar-refractivity contribution in [2.75, 3.05) is 19.6 Å². The Bertz CT molecular complexity index is 389. The lowest BCUT2D eigenvalue weighted by atomic mass is 9.76. The van der Waals surface area contributed by atoms with Crippen molar-refractivity contribution in [3.8, 4) is 0 Å². The van der Waals surface area contributed by atoms with Crippen LogP contribution in [0.4, 0.5) is 4.79 Å². The number of carboxylic acids is 1. The van der Waals surface area contributed by atoms with Crippen LogP contribution >= 0.6 is 0 Å². The van der Waals surface area contributed by atoms with E-state index in [0.29, 0.717) is 32.5 Å². The van der Waals surface area contributed by atoms with E-state index < -0.39 is 11.4 Å². The number of amides is 2. The molecule has 1 saturated carbocycles. The van der Waals surface area contributed by atoms with Crippen LogP contribution < -0.4 is 5.32 Å². The van der Waals surface area contributed by atoms with E-state index in [4.69, 9.17) is 0 Å². The first-order valence-electron chi connectivity index (χ1n) is 7.67. The van der Waals surface area contributed by atoms with Crippen LogP contribution in [0.25, 0.3) is 0 Å². The summed E-state index contributed by atoms with van der Waals surface area (Å²) in [5.41, 5.74) is -0.466. The van der Waals surface area contributed by atoms with Gasteiger partial charge >= 0.3 is 12.0 Å². The molecule has 2 fully saturated rings. The molecule has 1 saturated heterocycles. The number of urea groups is 1. The lowest BCUT2D eigenvalue weighted by molar-refractivity contribution is -0.152. The Morgan fingerprint density at radius 3 is 2.55 bits per heavy atom. The maximum Gasteiger partial charge on any atom is 0.317 e. The van der Waals surface area contributed by atoms with Crippen molar-refractivity contribution >= 4 is 12.0 Å². The fraction of sp³-hybridized carbons (Fsp3) is 0.867. The molecule has 1 aliphatic carbocycles. The fourth-order valence-corrected chi connectivity index (χ4v) is 3.06. The van der Waals surface area contributed by atoms with E-state index in [0.717, 1.165) is 12.8 Å². The molecule has 0 spiro atoms. The Balaban J connectivity index is 1.94. The summed E-state index contributed by atoms with van der Waals surface area (Å²) in [5.74, 6) is -0.758. The van der Waals surface area contributed by atoms with Crippen molar-refractivity contribution in [3.05, 3.63) is 0 Å². The average molecular weight is 282 g/mol. The van der Waals surface area contributed by atoms with Crippen molar-refractivity contribution in [2.45, 2.75) is 52.4 Å². The number of piperidine rings is 1. The summed E-state index contributed by atoms with van der Waals surface area (Å²) in [5, 5.41) is 12.5. The van der Waals surface area contributed by atoms with E-state index in [1.165, 1.54) is 12.8 Å². The molecule has 2 amide bonds. The van der Waals surface area contributed by atoms with Gasteiger partial charge in [0.1, 0.15) is 0 Å². The van der Waals surface area contributed by atoms with Crippen LogP contribution in [0.15, 0.2) is 0 Å². The standard InChI is InChI=1S/C15H26N2O3/c1-3-5-15(12(18)19)6-4-9-17(11-15)13(20)16-10-14(2)7-8-14/h3-11H2,1-2H3,(H,16,20)(H,18,19). The monoisotopic (exact) mass is 282 g/mol. The number of carbonyl (C=O) groups excluding carboxylic acids is 1. The quantitative estimate of drug-likeness (QED) is 0.814. The van der Waals surface area contributed by atoms with Crippen molar-refractivity contribution in [1.29, 1.82) is 0 Å². The molecule has 114 valence electrons. The zero-order chi connectivity index (χ0) is 14.8. The minimum Gasteiger partial charge on any atom is -0.481 e. The van der Waals surface area contributed by atoms with Gasteiger partial charge in [0.05, 0.1) is 5.41 Å². The van der Waals surface area contributed by atoms with Crippen LogP contribution in [0.3, 0.4) is 0 Å². The Morgan fingerprint density at radius 2 is 2.00 bits per heavy atom. The normalized spacial score (nSPS) is 28.0. The molecule has 0 radical (unpaired) electrons. The van der Waals surface area contributed by atoms with Gasteiger partial charge in [-0.25, -0.2) is 4.79 Å². The number of aliphatic carboxylic acids is 1. The number of nitrogens with one attached hydrogen (secondary N) is 1. The van der Waals surface area contributed by atoms with Crippen LogP contribution in [0, 0.1) is 10.8 Å². The summed E-state index contributed by atoms with van der Waals surface area (Å²) in [6.45, 7) is 5.88. The van der Waals surface area contributed by atoms with Crippen LogP contribution in [-0.4, -0.2) is 41.6 Å². The van der Waals surface area contributed by atoms with Crippen LogP contribution in [0.5, 0.6) is 0 Å². The molecule has 5 nitrogen and oxygen atoms in total. The maximum atomic E-state index is 12.2. The lowest BCUT2D eigenvalue weighted by Crippen LogP contribution is -2.53. The lowest BCUT2D eigenvalue weighted by Gasteiger charge is -2.40. The minimum atomic E-state index is -0.758. The summed E-state index contributed by atoms with van der Waals surface area (Å²) >= 11 is 0. The molecule has 0 aromatic heterocycles. The van der Waals surface area contributed by atoms with Crippen LogP contribution in [-0.2, 0) is 4.79 Å². The SMILES string of the molecule is CCCC1(C(=O)O)CCCN(C(=O)NCC2(C)CC2)C1. The molecule has 1 aliphatic heterocycles.